The number of rotatable bonds is 7. The molecule has 1 saturated heterocycles. The first-order valence-electron chi connectivity index (χ1n) is 11.3. The molecule has 0 saturated carbocycles. The monoisotopic (exact) mass is 536 g/mol. The summed E-state index contributed by atoms with van der Waals surface area (Å²) in [4.78, 5) is 14.9. The van der Waals surface area contributed by atoms with Gasteiger partial charge in [0.25, 0.3) is 16.5 Å². The first-order valence-corrected chi connectivity index (χ1v) is 12.8. The van der Waals surface area contributed by atoms with Gasteiger partial charge in [0.05, 0.1) is 6.20 Å². The first kappa shape index (κ1) is 27.9. The summed E-state index contributed by atoms with van der Waals surface area (Å²) in [5.74, 6) is -3.30. The molecule has 37 heavy (non-hydrogen) atoms. The first-order chi connectivity index (χ1) is 17.6. The summed E-state index contributed by atoms with van der Waals surface area (Å²) in [5.41, 5.74) is 1.51. The van der Waals surface area contributed by atoms with Crippen LogP contribution in [0, 0.1) is 24.4 Å². The highest BCUT2D eigenvalue weighted by atomic mass is 32.2. The Labute approximate surface area is 213 Å². The van der Waals surface area contributed by atoms with E-state index in [-0.39, 0.29) is 23.9 Å². The Morgan fingerprint density at radius 1 is 1.19 bits per heavy atom. The summed E-state index contributed by atoms with van der Waals surface area (Å²) in [6.45, 7) is 3.51. The minimum absolute atomic E-state index is 0.0187. The van der Waals surface area contributed by atoms with Crippen LogP contribution in [-0.4, -0.2) is 56.1 Å². The lowest BCUT2D eigenvalue weighted by molar-refractivity contribution is -0.122. The van der Waals surface area contributed by atoms with Crippen molar-refractivity contribution in [2.75, 3.05) is 29.8 Å². The third-order valence-electron chi connectivity index (χ3n) is 6.05. The summed E-state index contributed by atoms with van der Waals surface area (Å²) in [6.07, 6.45) is 1.61. The van der Waals surface area contributed by atoms with Crippen molar-refractivity contribution in [1.29, 1.82) is 0 Å². The molecule has 0 radical (unpaired) electrons. The van der Waals surface area contributed by atoms with E-state index >= 15 is 4.39 Å². The molecule has 1 fully saturated rings. The maximum Gasteiger partial charge on any atom is 0.290 e. The Morgan fingerprint density at radius 2 is 1.86 bits per heavy atom. The second-order valence-corrected chi connectivity index (χ2v) is 10.1. The predicted molar refractivity (Wildman–Crippen MR) is 133 cm³/mol. The number of pyridine rings is 1. The number of carbonyl (C=O) groups is 1. The molecule has 1 atom stereocenters. The zero-order valence-electron chi connectivity index (χ0n) is 20.2. The van der Waals surface area contributed by atoms with Crippen LogP contribution in [0.5, 0.6) is 0 Å². The van der Waals surface area contributed by atoms with Gasteiger partial charge >= 0.3 is 0 Å². The predicted octanol–water partition coefficient (Wildman–Crippen LogP) is 4.02. The van der Waals surface area contributed by atoms with Gasteiger partial charge in [-0.2, -0.15) is 0 Å². The summed E-state index contributed by atoms with van der Waals surface area (Å²) in [7, 11) is -2.87. The number of sulfonamides is 1. The zero-order valence-corrected chi connectivity index (χ0v) is 21.1. The molecule has 1 aliphatic rings. The fourth-order valence-electron chi connectivity index (χ4n) is 4.23. The third-order valence-corrected chi connectivity index (χ3v) is 7.44. The fourth-order valence-corrected chi connectivity index (χ4v) is 5.43. The van der Waals surface area contributed by atoms with Crippen LogP contribution < -0.4 is 9.62 Å². The van der Waals surface area contributed by atoms with Crippen molar-refractivity contribution >= 4 is 28.0 Å². The summed E-state index contributed by atoms with van der Waals surface area (Å²) >= 11 is 0. The van der Waals surface area contributed by atoms with Crippen molar-refractivity contribution in [3.05, 3.63) is 83.3 Å². The Bertz CT molecular complexity index is 1330. The smallest absolute Gasteiger partial charge is 0.290 e. The van der Waals surface area contributed by atoms with Gasteiger partial charge in [0.1, 0.15) is 17.5 Å². The van der Waals surface area contributed by atoms with Crippen LogP contribution >= 0.6 is 0 Å². The van der Waals surface area contributed by atoms with Crippen LogP contribution in [0.25, 0.3) is 0 Å². The number of hydrogen-bond donors (Lipinski definition) is 2. The average Bonchev–Trinajstić information content (AvgIpc) is 3.32. The molecule has 1 aromatic heterocycles. The van der Waals surface area contributed by atoms with Crippen LogP contribution in [0.1, 0.15) is 17.5 Å². The molecule has 0 aliphatic carbocycles. The third kappa shape index (κ3) is 6.77. The number of benzene rings is 2. The second kappa shape index (κ2) is 12.1. The molecule has 3 aromatic rings. The standard InChI is InChI=1S/C24H25F3N4O2S.CH2O2/c1-16-21(30(2)19-10-11-31(15-19)14-17-6-4-3-5-7-17)12-20(26)24(23(16)27)34(32,33)29-22-9-8-18(25)13-28-22;2-1-3/h3-9,12-13,19H,10-11,14-15H2,1-2H3,(H,28,29);1H,(H,2,3). The van der Waals surface area contributed by atoms with Crippen molar-refractivity contribution < 1.29 is 31.5 Å². The van der Waals surface area contributed by atoms with E-state index in [0.29, 0.717) is 12.2 Å². The highest BCUT2D eigenvalue weighted by molar-refractivity contribution is 7.92. The van der Waals surface area contributed by atoms with Gasteiger partial charge in [0.15, 0.2) is 10.7 Å². The minimum atomic E-state index is -4.63. The van der Waals surface area contributed by atoms with Gasteiger partial charge in [-0.15, -0.1) is 0 Å². The second-order valence-electron chi connectivity index (χ2n) is 8.49. The number of likely N-dealkylation sites (N-methyl/N-ethyl adjacent to an activating group) is 1. The number of aromatic nitrogens is 1. The number of anilines is 2. The SMILES string of the molecule is Cc1c(N(C)C2CCN(Cc3ccccc3)C2)cc(F)c(S(=O)(=O)Nc2ccc(F)cn2)c1F.O=CO. The Hall–Kier alpha value is -3.64. The molecular formula is C25H27F3N4O4S. The van der Waals surface area contributed by atoms with E-state index < -0.39 is 32.4 Å². The van der Waals surface area contributed by atoms with Crippen molar-refractivity contribution in [2.45, 2.75) is 30.8 Å². The van der Waals surface area contributed by atoms with Crippen LogP contribution in [0.15, 0.2) is 59.6 Å². The van der Waals surface area contributed by atoms with Gasteiger partial charge in [-0.1, -0.05) is 30.3 Å². The molecule has 4 rings (SSSR count). The number of halogens is 3. The highest BCUT2D eigenvalue weighted by Crippen LogP contribution is 2.33. The number of nitrogens with zero attached hydrogens (tertiary/aromatic N) is 3. The molecule has 8 nitrogen and oxygen atoms in total. The average molecular weight is 537 g/mol. The zero-order chi connectivity index (χ0) is 27.2. The van der Waals surface area contributed by atoms with Gasteiger partial charge in [0, 0.05) is 44.0 Å². The Morgan fingerprint density at radius 3 is 2.49 bits per heavy atom. The summed E-state index contributed by atoms with van der Waals surface area (Å²) in [5, 5.41) is 6.89. The quantitative estimate of drug-likeness (QED) is 0.440. The van der Waals surface area contributed by atoms with Crippen molar-refractivity contribution in [1.82, 2.24) is 9.88 Å². The van der Waals surface area contributed by atoms with E-state index in [1.807, 2.05) is 22.9 Å². The van der Waals surface area contributed by atoms with Gasteiger partial charge < -0.3 is 10.0 Å². The number of carboxylic acid groups (broad SMARTS) is 1. The Kier molecular flexibility index (Phi) is 9.11. The van der Waals surface area contributed by atoms with E-state index in [9.17, 15) is 17.2 Å². The van der Waals surface area contributed by atoms with Crippen LogP contribution in [-0.2, 0) is 21.4 Å². The maximum atomic E-state index is 15.2. The fraction of sp³-hybridized carbons (Fsp3) is 0.280. The van der Waals surface area contributed by atoms with Crippen molar-refractivity contribution in [3.63, 3.8) is 0 Å². The van der Waals surface area contributed by atoms with Crippen LogP contribution in [0.2, 0.25) is 0 Å². The van der Waals surface area contributed by atoms with Gasteiger partial charge in [-0.05, 0) is 37.1 Å². The number of likely N-dealkylation sites (tertiary alicyclic amines) is 1. The molecule has 198 valence electrons. The minimum Gasteiger partial charge on any atom is -0.483 e. The molecule has 2 heterocycles. The molecular weight excluding hydrogens is 509 g/mol. The van der Waals surface area contributed by atoms with Crippen molar-refractivity contribution in [2.24, 2.45) is 0 Å². The van der Waals surface area contributed by atoms with Crippen LogP contribution in [0.4, 0.5) is 24.7 Å². The number of nitrogens with one attached hydrogen (secondary N) is 1. The summed E-state index contributed by atoms with van der Waals surface area (Å²) in [6, 6.07) is 13.2. The number of hydrogen-bond acceptors (Lipinski definition) is 6. The lowest BCUT2D eigenvalue weighted by Crippen LogP contribution is -2.35. The molecule has 1 unspecified atom stereocenters. The Balaban J connectivity index is 0.00000121. The topological polar surface area (TPSA) is 103 Å². The van der Waals surface area contributed by atoms with E-state index in [0.717, 1.165) is 43.9 Å². The molecule has 0 amide bonds. The lowest BCUT2D eigenvalue weighted by atomic mass is 10.1. The summed E-state index contributed by atoms with van der Waals surface area (Å²) < 4.78 is 70.6. The van der Waals surface area contributed by atoms with Crippen LogP contribution in [0.3, 0.4) is 0 Å². The van der Waals surface area contributed by atoms with E-state index in [1.165, 1.54) is 12.5 Å². The van der Waals surface area contributed by atoms with Gasteiger partial charge in [-0.3, -0.25) is 14.4 Å². The molecule has 1 aliphatic heterocycles. The van der Waals surface area contributed by atoms with Gasteiger partial charge in [0.2, 0.25) is 0 Å². The molecule has 2 aromatic carbocycles. The van der Waals surface area contributed by atoms with E-state index in [4.69, 9.17) is 9.90 Å². The van der Waals surface area contributed by atoms with E-state index in [2.05, 4.69) is 22.0 Å². The maximum absolute atomic E-state index is 15.2. The lowest BCUT2D eigenvalue weighted by Gasteiger charge is -2.29. The molecule has 12 heteroatoms. The van der Waals surface area contributed by atoms with E-state index in [1.54, 1.807) is 11.9 Å². The van der Waals surface area contributed by atoms with Crippen molar-refractivity contribution in [3.8, 4) is 0 Å². The normalized spacial score (nSPS) is 15.5. The highest BCUT2D eigenvalue weighted by Gasteiger charge is 2.31. The molecule has 0 spiro atoms. The largest absolute Gasteiger partial charge is 0.483 e. The molecule has 2 N–H and O–H groups in total. The van der Waals surface area contributed by atoms with Gasteiger partial charge in [-0.25, -0.2) is 26.6 Å². The molecule has 0 bridgehead atoms.